The van der Waals surface area contributed by atoms with Gasteiger partial charge in [-0.15, -0.1) is 0 Å². The summed E-state index contributed by atoms with van der Waals surface area (Å²) in [5.74, 6) is 0.403. The van der Waals surface area contributed by atoms with Gasteiger partial charge in [-0.25, -0.2) is 0 Å². The van der Waals surface area contributed by atoms with Crippen molar-refractivity contribution in [2.24, 2.45) is 0 Å². The van der Waals surface area contributed by atoms with Crippen LogP contribution in [-0.2, 0) is 0 Å². The van der Waals surface area contributed by atoms with Crippen LogP contribution in [0, 0.1) is 0 Å². The Morgan fingerprint density at radius 1 is 1.30 bits per heavy atom. The number of hydrogen-bond acceptors (Lipinski definition) is 1. The van der Waals surface area contributed by atoms with Crippen LogP contribution in [0.1, 0.15) is 17.1 Å². The minimum absolute atomic E-state index is 0.403. The average molecular weight is 136 g/mol. The topological polar surface area (TPSA) is 34.4 Å². The van der Waals surface area contributed by atoms with Crippen molar-refractivity contribution in [3.05, 3.63) is 35.9 Å². The summed E-state index contributed by atoms with van der Waals surface area (Å²) in [6.45, 7) is 1.64. The number of benzene rings is 1. The number of rotatable bonds is 1. The predicted octanol–water partition coefficient (Wildman–Crippen LogP) is 0.700. The molecule has 0 fully saturated rings. The van der Waals surface area contributed by atoms with Crippen molar-refractivity contribution in [3.8, 4) is 0 Å². The molecule has 1 aromatic rings. The molecule has 2 heteroatoms. The first-order chi connectivity index (χ1) is 4.84. The van der Waals surface area contributed by atoms with Gasteiger partial charge in [0.25, 0.3) is 0 Å². The van der Waals surface area contributed by atoms with Crippen LogP contribution < -0.4 is 5.26 Å². The Bertz CT molecular complexity index is 226. The van der Waals surface area contributed by atoms with E-state index in [-0.39, 0.29) is 0 Å². The van der Waals surface area contributed by atoms with Crippen molar-refractivity contribution < 1.29 is 9.83 Å². The normalized spacial score (nSPS) is 11.5. The molecule has 10 heavy (non-hydrogen) atoms. The minimum Gasteiger partial charge on any atom is -0.462 e. The third kappa shape index (κ3) is 1.35. The number of hydrogen-bond donors (Lipinski definition) is 0. The smallest absolute Gasteiger partial charge is 0.356 e. The summed E-state index contributed by atoms with van der Waals surface area (Å²) in [5, 5.41) is 9.89. The van der Waals surface area contributed by atoms with Gasteiger partial charge in [-0.05, 0) is 12.1 Å². The highest BCUT2D eigenvalue weighted by molar-refractivity contribution is 5.94. The Kier molecular flexibility index (Phi) is 2.05. The van der Waals surface area contributed by atoms with Crippen LogP contribution in [0.5, 0.6) is 0 Å². The summed E-state index contributed by atoms with van der Waals surface area (Å²) in [6, 6.07) is 9.26. The van der Waals surface area contributed by atoms with Crippen molar-refractivity contribution in [2.75, 3.05) is 0 Å². The molecule has 52 valence electrons. The van der Waals surface area contributed by atoms with E-state index in [2.05, 4.69) is 4.58 Å². The average Bonchev–Trinajstić information content (AvgIpc) is 2.05. The lowest BCUT2D eigenvalue weighted by Gasteiger charge is -1.87. The second-order valence-electron chi connectivity index (χ2n) is 2.01. The van der Waals surface area contributed by atoms with Gasteiger partial charge in [0, 0.05) is 0 Å². The first-order valence-corrected chi connectivity index (χ1v) is 3.03. The van der Waals surface area contributed by atoms with Crippen LogP contribution in [0.25, 0.3) is 0 Å². The second kappa shape index (κ2) is 3.01. The molecule has 0 unspecified atom stereocenters. The molecule has 0 saturated carbocycles. The Morgan fingerprint density at radius 3 is 2.40 bits per heavy atom. The quantitative estimate of drug-likeness (QED) is 0.242. The molecule has 0 heterocycles. The standard InChI is InChI=1S/C8H8O2/c1-7(10-9)8-5-3-2-4-6-8/h2-6H,1H3. The van der Waals surface area contributed by atoms with Crippen molar-refractivity contribution in [1.82, 2.24) is 0 Å². The monoisotopic (exact) mass is 136 g/mol. The fraction of sp³-hybridized carbons (Fsp3) is 0.125. The first kappa shape index (κ1) is 6.81. The van der Waals surface area contributed by atoms with Gasteiger partial charge in [-0.3, -0.25) is 0 Å². The minimum atomic E-state index is 0.403. The lowest BCUT2D eigenvalue weighted by atomic mass is 10.2. The van der Waals surface area contributed by atoms with E-state index in [0.29, 0.717) is 5.78 Å². The van der Waals surface area contributed by atoms with E-state index < -0.39 is 0 Å². The van der Waals surface area contributed by atoms with Crippen molar-refractivity contribution >= 4 is 5.78 Å². The van der Waals surface area contributed by atoms with Gasteiger partial charge in [0.05, 0.1) is 12.5 Å². The van der Waals surface area contributed by atoms with Crippen molar-refractivity contribution in [3.63, 3.8) is 0 Å². The number of carbonyl (C=O) groups excluding carboxylic acids is 1. The van der Waals surface area contributed by atoms with Gasteiger partial charge in [-0.1, -0.05) is 18.2 Å². The highest BCUT2D eigenvalue weighted by Crippen LogP contribution is 1.98. The van der Waals surface area contributed by atoms with E-state index >= 15 is 0 Å². The van der Waals surface area contributed by atoms with Crippen LogP contribution in [0.3, 0.4) is 0 Å². The Labute approximate surface area is 59.4 Å². The van der Waals surface area contributed by atoms with Gasteiger partial charge in [0.2, 0.25) is 0 Å². The Balaban J connectivity index is 2.96. The van der Waals surface area contributed by atoms with Gasteiger partial charge in [-0.2, -0.15) is 4.58 Å². The zero-order valence-corrected chi connectivity index (χ0v) is 5.70. The van der Waals surface area contributed by atoms with E-state index in [0.717, 1.165) is 5.56 Å². The molecule has 0 radical (unpaired) electrons. The van der Waals surface area contributed by atoms with Crippen LogP contribution >= 0.6 is 0 Å². The van der Waals surface area contributed by atoms with Crippen LogP contribution in [0.15, 0.2) is 30.3 Å². The summed E-state index contributed by atoms with van der Waals surface area (Å²) >= 11 is 0. The molecular formula is C8H8O2. The summed E-state index contributed by atoms with van der Waals surface area (Å²) in [4.78, 5) is 0. The molecular weight excluding hydrogens is 128 g/mol. The first-order valence-electron chi connectivity index (χ1n) is 3.03. The predicted molar refractivity (Wildman–Crippen MR) is 36.4 cm³/mol. The van der Waals surface area contributed by atoms with Crippen LogP contribution in [0.4, 0.5) is 0 Å². The molecule has 0 bridgehead atoms. The van der Waals surface area contributed by atoms with Crippen LogP contribution in [0.2, 0.25) is 0 Å². The fourth-order valence-corrected chi connectivity index (χ4v) is 0.721. The van der Waals surface area contributed by atoms with Gasteiger partial charge < -0.3 is 5.26 Å². The summed E-state index contributed by atoms with van der Waals surface area (Å²) in [6.07, 6.45) is 0. The SMILES string of the molecule is CC(=[O+][O-])c1ccccc1. The maximum Gasteiger partial charge on any atom is 0.356 e. The van der Waals surface area contributed by atoms with Gasteiger partial charge >= 0.3 is 5.78 Å². The van der Waals surface area contributed by atoms with E-state index in [1.165, 1.54) is 0 Å². The highest BCUT2D eigenvalue weighted by atomic mass is 17.1. The van der Waals surface area contributed by atoms with E-state index in [4.69, 9.17) is 0 Å². The summed E-state index contributed by atoms with van der Waals surface area (Å²) < 4.78 is 3.80. The lowest BCUT2D eigenvalue weighted by Crippen LogP contribution is -2.01. The molecule has 2 nitrogen and oxygen atoms in total. The molecule has 0 N–H and O–H groups in total. The molecule has 0 aliphatic carbocycles. The van der Waals surface area contributed by atoms with E-state index in [1.807, 2.05) is 30.3 Å². The summed E-state index contributed by atoms with van der Waals surface area (Å²) in [7, 11) is 0. The molecule has 1 rings (SSSR count). The molecule has 0 atom stereocenters. The maximum absolute atomic E-state index is 9.89. The third-order valence-corrected chi connectivity index (χ3v) is 1.31. The largest absolute Gasteiger partial charge is 0.462 e. The molecule has 0 spiro atoms. The van der Waals surface area contributed by atoms with E-state index in [1.54, 1.807) is 6.92 Å². The molecule has 0 aliphatic heterocycles. The van der Waals surface area contributed by atoms with Crippen molar-refractivity contribution in [2.45, 2.75) is 6.92 Å². The maximum atomic E-state index is 9.89. The molecule has 0 aromatic heterocycles. The molecule has 1 aromatic carbocycles. The van der Waals surface area contributed by atoms with Crippen LogP contribution in [-0.4, -0.2) is 5.78 Å². The molecule has 0 aliphatic rings. The Morgan fingerprint density at radius 2 is 1.90 bits per heavy atom. The molecule has 0 saturated heterocycles. The highest BCUT2D eigenvalue weighted by Gasteiger charge is 2.03. The lowest BCUT2D eigenvalue weighted by molar-refractivity contribution is -0.937. The van der Waals surface area contributed by atoms with Gasteiger partial charge in [0.15, 0.2) is 0 Å². The van der Waals surface area contributed by atoms with E-state index in [9.17, 15) is 5.26 Å². The second-order valence-corrected chi connectivity index (χ2v) is 2.01. The van der Waals surface area contributed by atoms with Gasteiger partial charge in [0.1, 0.15) is 0 Å². The third-order valence-electron chi connectivity index (χ3n) is 1.31. The molecule has 0 amide bonds. The summed E-state index contributed by atoms with van der Waals surface area (Å²) in [5.41, 5.74) is 0.831. The number of ketones is 1. The fourth-order valence-electron chi connectivity index (χ4n) is 0.721. The van der Waals surface area contributed by atoms with Crippen molar-refractivity contribution in [1.29, 1.82) is 0 Å². The Hall–Kier alpha value is -1.31. The zero-order valence-electron chi connectivity index (χ0n) is 5.70. The zero-order chi connectivity index (χ0) is 7.40.